The van der Waals surface area contributed by atoms with Crippen LogP contribution in [0.15, 0.2) is 52.3 Å². The first-order chi connectivity index (χ1) is 11.7. The molecule has 1 aromatic heterocycles. The number of nitriles is 1. The Hall–Kier alpha value is -2.78. The zero-order valence-electron chi connectivity index (χ0n) is 12.8. The lowest BCUT2D eigenvalue weighted by molar-refractivity contribution is 0.411. The highest BCUT2D eigenvalue weighted by Crippen LogP contribution is 2.32. The van der Waals surface area contributed by atoms with Crippen molar-refractivity contribution in [2.75, 3.05) is 7.11 Å². The maximum Gasteiger partial charge on any atom is 0.267 e. The molecule has 6 heteroatoms. The Kier molecular flexibility index (Phi) is 4.54. The van der Waals surface area contributed by atoms with Crippen LogP contribution in [0.3, 0.4) is 0 Å². The van der Waals surface area contributed by atoms with Crippen molar-refractivity contribution in [2.45, 2.75) is 10.8 Å². The molecule has 0 spiro atoms. The highest BCUT2D eigenvalue weighted by molar-refractivity contribution is 7.98. The van der Waals surface area contributed by atoms with Gasteiger partial charge in [0, 0.05) is 22.1 Å². The van der Waals surface area contributed by atoms with E-state index in [1.54, 1.807) is 25.3 Å². The normalized spacial score (nSPS) is 10.5. The lowest BCUT2D eigenvalue weighted by atomic mass is 10.1. The van der Waals surface area contributed by atoms with Crippen LogP contribution in [0, 0.1) is 17.1 Å². The Morgan fingerprint density at radius 2 is 2.04 bits per heavy atom. The van der Waals surface area contributed by atoms with E-state index in [-0.39, 0.29) is 10.9 Å². The fraction of sp³-hybridized carbons (Fsp3) is 0.111. The Labute approximate surface area is 141 Å². The van der Waals surface area contributed by atoms with Gasteiger partial charge in [0.15, 0.2) is 0 Å². The molecule has 0 radical (unpaired) electrons. The number of nitrogens with zero attached hydrogens (tertiary/aromatic N) is 1. The third kappa shape index (κ3) is 2.86. The quantitative estimate of drug-likeness (QED) is 0.733. The first kappa shape index (κ1) is 16.1. The van der Waals surface area contributed by atoms with Gasteiger partial charge in [-0.05, 0) is 12.1 Å². The van der Waals surface area contributed by atoms with Crippen LogP contribution < -0.4 is 10.3 Å². The second-order valence-corrected chi connectivity index (χ2v) is 6.02. The molecule has 0 saturated carbocycles. The van der Waals surface area contributed by atoms with Crippen molar-refractivity contribution < 1.29 is 9.13 Å². The summed E-state index contributed by atoms with van der Waals surface area (Å²) in [7, 11) is 1.60. The van der Waals surface area contributed by atoms with Gasteiger partial charge < -0.3 is 9.72 Å². The molecule has 0 aliphatic rings. The number of ether oxygens (including phenoxy) is 1. The molecule has 4 nitrogen and oxygen atoms in total. The Balaban J connectivity index is 2.07. The van der Waals surface area contributed by atoms with E-state index in [1.165, 1.54) is 17.8 Å². The fourth-order valence-corrected chi connectivity index (χ4v) is 3.54. The Bertz CT molecular complexity index is 1010. The molecule has 0 unspecified atom stereocenters. The van der Waals surface area contributed by atoms with Gasteiger partial charge in [-0.2, -0.15) is 5.26 Å². The molecule has 1 heterocycles. The molecule has 0 atom stereocenters. The zero-order chi connectivity index (χ0) is 17.1. The number of hydrogen-bond donors (Lipinski definition) is 1. The topological polar surface area (TPSA) is 65.9 Å². The number of H-pyrrole nitrogens is 1. The maximum absolute atomic E-state index is 14.1. The molecule has 0 amide bonds. The molecule has 0 saturated heterocycles. The van der Waals surface area contributed by atoms with Crippen molar-refractivity contribution in [1.82, 2.24) is 4.98 Å². The van der Waals surface area contributed by atoms with E-state index < -0.39 is 11.4 Å². The van der Waals surface area contributed by atoms with E-state index >= 15 is 0 Å². The first-order valence-electron chi connectivity index (χ1n) is 7.15. The molecule has 120 valence electrons. The van der Waals surface area contributed by atoms with Gasteiger partial charge in [0.2, 0.25) is 0 Å². The SMILES string of the molecule is COc1ccccc1CSc1[nH]c(=O)c(C#N)c2c(F)cccc12. The van der Waals surface area contributed by atoms with E-state index in [2.05, 4.69) is 4.98 Å². The van der Waals surface area contributed by atoms with E-state index in [9.17, 15) is 9.18 Å². The summed E-state index contributed by atoms with van der Waals surface area (Å²) in [6, 6.07) is 13.8. The number of aromatic amines is 1. The largest absolute Gasteiger partial charge is 0.496 e. The number of fused-ring (bicyclic) bond motifs is 1. The van der Waals surface area contributed by atoms with Crippen LogP contribution in [0.1, 0.15) is 11.1 Å². The van der Waals surface area contributed by atoms with Gasteiger partial charge in [-0.3, -0.25) is 4.79 Å². The molecule has 0 aliphatic heterocycles. The molecule has 0 aliphatic carbocycles. The second kappa shape index (κ2) is 6.77. The lowest BCUT2D eigenvalue weighted by Gasteiger charge is -2.10. The third-order valence-corrected chi connectivity index (χ3v) is 4.70. The molecular weight excluding hydrogens is 327 g/mol. The molecule has 3 rings (SSSR count). The van der Waals surface area contributed by atoms with E-state index in [4.69, 9.17) is 10.00 Å². The number of para-hydroxylation sites is 1. The smallest absolute Gasteiger partial charge is 0.267 e. The van der Waals surface area contributed by atoms with Gasteiger partial charge in [0.1, 0.15) is 23.2 Å². The summed E-state index contributed by atoms with van der Waals surface area (Å²) < 4.78 is 19.5. The van der Waals surface area contributed by atoms with Gasteiger partial charge in [-0.25, -0.2) is 4.39 Å². The van der Waals surface area contributed by atoms with Crippen molar-refractivity contribution in [1.29, 1.82) is 5.26 Å². The van der Waals surface area contributed by atoms with Gasteiger partial charge in [0.25, 0.3) is 5.56 Å². The fourth-order valence-electron chi connectivity index (χ4n) is 2.51. The molecular formula is C18H13FN2O2S. The molecule has 24 heavy (non-hydrogen) atoms. The molecule has 1 N–H and O–H groups in total. The van der Waals surface area contributed by atoms with Crippen LogP contribution in [-0.4, -0.2) is 12.1 Å². The molecule has 3 aromatic rings. The number of aromatic nitrogens is 1. The standard InChI is InChI=1S/C18H13FN2O2S/c1-23-15-8-3-2-5-11(15)10-24-18-12-6-4-7-14(19)16(12)13(9-20)17(22)21-18/h2-8H,10H2,1H3,(H,21,22). The average Bonchev–Trinajstić information content (AvgIpc) is 2.60. The van der Waals surface area contributed by atoms with E-state index in [0.717, 1.165) is 11.3 Å². The van der Waals surface area contributed by atoms with Gasteiger partial charge >= 0.3 is 0 Å². The minimum Gasteiger partial charge on any atom is -0.496 e. The van der Waals surface area contributed by atoms with Crippen molar-refractivity contribution in [2.24, 2.45) is 0 Å². The monoisotopic (exact) mass is 340 g/mol. The van der Waals surface area contributed by atoms with Crippen molar-refractivity contribution >= 4 is 22.5 Å². The van der Waals surface area contributed by atoms with Gasteiger partial charge in [0.05, 0.1) is 12.1 Å². The molecule has 0 fully saturated rings. The highest BCUT2D eigenvalue weighted by atomic mass is 32.2. The van der Waals surface area contributed by atoms with Crippen LogP contribution >= 0.6 is 11.8 Å². The first-order valence-corrected chi connectivity index (χ1v) is 8.13. The van der Waals surface area contributed by atoms with Crippen LogP contribution in [0.5, 0.6) is 5.75 Å². The third-order valence-electron chi connectivity index (χ3n) is 3.64. The number of thioether (sulfide) groups is 1. The van der Waals surface area contributed by atoms with Crippen molar-refractivity contribution in [3.8, 4) is 11.8 Å². The summed E-state index contributed by atoms with van der Waals surface area (Å²) in [4.78, 5) is 14.8. The van der Waals surface area contributed by atoms with Crippen molar-refractivity contribution in [3.63, 3.8) is 0 Å². The summed E-state index contributed by atoms with van der Waals surface area (Å²) in [5.74, 6) is 0.711. The summed E-state index contributed by atoms with van der Waals surface area (Å²) in [6.45, 7) is 0. The van der Waals surface area contributed by atoms with Crippen LogP contribution in [0.25, 0.3) is 10.8 Å². The predicted octanol–water partition coefficient (Wildman–Crippen LogP) is 3.84. The summed E-state index contributed by atoms with van der Waals surface area (Å²) in [5.41, 5.74) is 0.169. The Morgan fingerprint density at radius 3 is 2.79 bits per heavy atom. The maximum atomic E-state index is 14.1. The average molecular weight is 340 g/mol. The predicted molar refractivity (Wildman–Crippen MR) is 91.8 cm³/mol. The highest BCUT2D eigenvalue weighted by Gasteiger charge is 2.15. The summed E-state index contributed by atoms with van der Waals surface area (Å²) >= 11 is 1.36. The zero-order valence-corrected chi connectivity index (χ0v) is 13.6. The minimum atomic E-state index is -0.586. The summed E-state index contributed by atoms with van der Waals surface area (Å²) in [6.07, 6.45) is 0. The number of hydrogen-bond acceptors (Lipinski definition) is 4. The van der Waals surface area contributed by atoms with Gasteiger partial charge in [-0.15, -0.1) is 11.8 Å². The molecule has 2 aromatic carbocycles. The van der Waals surface area contributed by atoms with E-state index in [0.29, 0.717) is 16.2 Å². The molecule has 0 bridgehead atoms. The van der Waals surface area contributed by atoms with Gasteiger partial charge in [-0.1, -0.05) is 30.3 Å². The number of pyridine rings is 1. The lowest BCUT2D eigenvalue weighted by Crippen LogP contribution is -2.12. The Morgan fingerprint density at radius 1 is 1.25 bits per heavy atom. The second-order valence-electron chi connectivity index (χ2n) is 5.03. The summed E-state index contributed by atoms with van der Waals surface area (Å²) in [5, 5.41) is 10.3. The minimum absolute atomic E-state index is 0.0614. The van der Waals surface area contributed by atoms with Crippen LogP contribution in [-0.2, 0) is 5.75 Å². The number of rotatable bonds is 4. The number of benzene rings is 2. The number of halogens is 1. The number of nitrogens with one attached hydrogen (secondary N) is 1. The van der Waals surface area contributed by atoms with Crippen LogP contribution in [0.4, 0.5) is 4.39 Å². The van der Waals surface area contributed by atoms with Crippen molar-refractivity contribution in [3.05, 3.63) is 69.8 Å². The number of methoxy groups -OCH3 is 1. The van der Waals surface area contributed by atoms with E-state index in [1.807, 2.05) is 24.3 Å². The van der Waals surface area contributed by atoms with Crippen LogP contribution in [0.2, 0.25) is 0 Å².